The van der Waals surface area contributed by atoms with Gasteiger partial charge >= 0.3 is 6.03 Å². The van der Waals surface area contributed by atoms with E-state index in [1.54, 1.807) is 7.11 Å². The van der Waals surface area contributed by atoms with E-state index in [0.717, 1.165) is 41.0 Å². The normalized spacial score (nSPS) is 22.2. The number of carbonyl (C=O) groups excluding carboxylic acids is 1. The summed E-state index contributed by atoms with van der Waals surface area (Å²) in [5.74, 6) is 1.09. The molecule has 2 amide bonds. The van der Waals surface area contributed by atoms with Crippen LogP contribution >= 0.6 is 0 Å². The number of urea groups is 1. The van der Waals surface area contributed by atoms with Crippen LogP contribution in [0.3, 0.4) is 0 Å². The first-order chi connectivity index (χ1) is 14.7. The number of methoxy groups -OCH3 is 1. The highest BCUT2D eigenvalue weighted by Crippen LogP contribution is 2.50. The Morgan fingerprint density at radius 1 is 1.26 bits per heavy atom. The Labute approximate surface area is 184 Å². The lowest BCUT2D eigenvalue weighted by Crippen LogP contribution is -2.53. The second kappa shape index (κ2) is 8.08. The zero-order chi connectivity index (χ0) is 22.3. The lowest BCUT2D eigenvalue weighted by atomic mass is 9.85. The van der Waals surface area contributed by atoms with Crippen LogP contribution in [0, 0.1) is 19.3 Å². The number of phenols is 1. The molecule has 2 aromatic carbocycles. The number of hydrogen-bond donors (Lipinski definition) is 3. The Morgan fingerprint density at radius 2 is 2.03 bits per heavy atom. The molecule has 2 aliphatic rings. The molecule has 1 aliphatic heterocycles. The van der Waals surface area contributed by atoms with Crippen LogP contribution in [0.4, 0.5) is 4.79 Å². The molecule has 31 heavy (non-hydrogen) atoms. The van der Waals surface area contributed by atoms with Crippen molar-refractivity contribution in [3.63, 3.8) is 0 Å². The number of piperazine rings is 1. The smallest absolute Gasteiger partial charge is 0.318 e. The first kappa shape index (κ1) is 21.5. The van der Waals surface area contributed by atoms with E-state index in [9.17, 15) is 9.90 Å². The molecule has 2 aromatic rings. The van der Waals surface area contributed by atoms with Crippen molar-refractivity contribution in [2.24, 2.45) is 5.41 Å². The molecule has 1 saturated heterocycles. The number of hydrogen-bond acceptors (Lipinski definition) is 4. The van der Waals surface area contributed by atoms with Crippen LogP contribution in [0.2, 0.25) is 0 Å². The van der Waals surface area contributed by atoms with Crippen LogP contribution in [0.15, 0.2) is 30.3 Å². The number of aryl methyl sites for hydroxylation is 2. The Bertz CT molecular complexity index is 1000. The summed E-state index contributed by atoms with van der Waals surface area (Å²) < 4.78 is 5.38. The minimum atomic E-state index is -0.241. The standard InChI is InChI=1S/C25H33N3O3/c1-15-11-16(2)22(29)21-19(15)13-25(3,4)23(21)27-24(30)28-10-9-26-14-20(28)17-7-6-8-18(12-17)31-5/h6-8,11-12,20,23,26,29H,9-10,13-14H2,1-5H3,(H,27,30). The van der Waals surface area contributed by atoms with Gasteiger partial charge in [0.1, 0.15) is 11.5 Å². The van der Waals surface area contributed by atoms with Gasteiger partial charge in [-0.2, -0.15) is 0 Å². The third-order valence-corrected chi connectivity index (χ3v) is 6.82. The quantitative estimate of drug-likeness (QED) is 0.698. The lowest BCUT2D eigenvalue weighted by molar-refractivity contribution is 0.146. The summed E-state index contributed by atoms with van der Waals surface area (Å²) in [5, 5.41) is 17.6. The number of nitrogens with one attached hydrogen (secondary N) is 2. The summed E-state index contributed by atoms with van der Waals surface area (Å²) in [6.07, 6.45) is 0.827. The van der Waals surface area contributed by atoms with Crippen molar-refractivity contribution >= 4 is 6.03 Å². The number of amides is 2. The second-order valence-corrected chi connectivity index (χ2v) is 9.49. The Balaban J connectivity index is 1.64. The van der Waals surface area contributed by atoms with Gasteiger partial charge in [-0.3, -0.25) is 0 Å². The molecule has 2 atom stereocenters. The molecule has 0 bridgehead atoms. The van der Waals surface area contributed by atoms with Crippen LogP contribution in [0.1, 0.15) is 53.7 Å². The van der Waals surface area contributed by atoms with E-state index in [1.807, 2.05) is 42.2 Å². The van der Waals surface area contributed by atoms with E-state index >= 15 is 0 Å². The van der Waals surface area contributed by atoms with Crippen LogP contribution in [-0.2, 0) is 6.42 Å². The van der Waals surface area contributed by atoms with Gasteiger partial charge in [0.15, 0.2) is 0 Å². The van der Waals surface area contributed by atoms with Gasteiger partial charge in [-0.25, -0.2) is 4.79 Å². The van der Waals surface area contributed by atoms with Crippen LogP contribution in [-0.4, -0.2) is 42.8 Å². The minimum Gasteiger partial charge on any atom is -0.507 e. The van der Waals surface area contributed by atoms with E-state index in [-0.39, 0.29) is 23.5 Å². The van der Waals surface area contributed by atoms with Gasteiger partial charge < -0.3 is 25.4 Å². The van der Waals surface area contributed by atoms with Gasteiger partial charge in [-0.15, -0.1) is 0 Å². The summed E-state index contributed by atoms with van der Waals surface area (Å²) in [4.78, 5) is 15.4. The monoisotopic (exact) mass is 423 g/mol. The van der Waals surface area contributed by atoms with Gasteiger partial charge in [0.25, 0.3) is 0 Å². The molecule has 1 heterocycles. The highest BCUT2D eigenvalue weighted by Gasteiger charge is 2.44. The molecule has 166 valence electrons. The summed E-state index contributed by atoms with van der Waals surface area (Å²) in [5.41, 5.74) is 4.92. The summed E-state index contributed by atoms with van der Waals surface area (Å²) >= 11 is 0. The van der Waals surface area contributed by atoms with E-state index in [2.05, 4.69) is 31.4 Å². The van der Waals surface area contributed by atoms with Crippen molar-refractivity contribution < 1.29 is 14.6 Å². The van der Waals surface area contributed by atoms with Crippen molar-refractivity contribution in [2.75, 3.05) is 26.7 Å². The maximum atomic E-state index is 13.5. The third-order valence-electron chi connectivity index (χ3n) is 6.82. The number of phenolic OH excluding ortho intramolecular Hbond substituents is 1. The maximum absolute atomic E-state index is 13.5. The molecule has 0 saturated carbocycles. The second-order valence-electron chi connectivity index (χ2n) is 9.49. The zero-order valence-electron chi connectivity index (χ0n) is 19.1. The molecular formula is C25H33N3O3. The minimum absolute atomic E-state index is 0.0827. The number of ether oxygens (including phenoxy) is 1. The van der Waals surface area contributed by atoms with Gasteiger partial charge in [0, 0.05) is 25.2 Å². The van der Waals surface area contributed by atoms with E-state index in [1.165, 1.54) is 5.56 Å². The fraction of sp³-hybridized carbons (Fsp3) is 0.480. The molecule has 0 aromatic heterocycles. The number of nitrogens with zero attached hydrogens (tertiary/aromatic N) is 1. The highest BCUT2D eigenvalue weighted by molar-refractivity contribution is 5.76. The van der Waals surface area contributed by atoms with Crippen molar-refractivity contribution in [1.82, 2.24) is 15.5 Å². The largest absolute Gasteiger partial charge is 0.507 e. The number of carbonyl (C=O) groups is 1. The molecule has 0 radical (unpaired) electrons. The zero-order valence-corrected chi connectivity index (χ0v) is 19.1. The van der Waals surface area contributed by atoms with E-state index < -0.39 is 0 Å². The molecule has 6 heteroatoms. The predicted molar refractivity (Wildman–Crippen MR) is 122 cm³/mol. The molecular weight excluding hydrogens is 390 g/mol. The maximum Gasteiger partial charge on any atom is 0.318 e. The summed E-state index contributed by atoms with van der Waals surface area (Å²) in [7, 11) is 1.65. The Hall–Kier alpha value is -2.73. The average Bonchev–Trinajstić information content (AvgIpc) is 3.03. The molecule has 0 spiro atoms. The number of benzene rings is 2. The SMILES string of the molecule is COc1cccc(C2CNCCN2C(=O)NC2c3c(O)c(C)cc(C)c3CC2(C)C)c1. The number of rotatable bonds is 3. The molecule has 3 N–H and O–H groups in total. The molecule has 4 rings (SSSR count). The topological polar surface area (TPSA) is 73.8 Å². The van der Waals surface area contributed by atoms with E-state index in [0.29, 0.717) is 18.8 Å². The van der Waals surface area contributed by atoms with Crippen LogP contribution in [0.5, 0.6) is 11.5 Å². The summed E-state index contributed by atoms with van der Waals surface area (Å²) in [6, 6.07) is 9.51. The third kappa shape index (κ3) is 3.85. The predicted octanol–water partition coefficient (Wildman–Crippen LogP) is 4.00. The van der Waals surface area contributed by atoms with Gasteiger partial charge in [-0.05, 0) is 60.1 Å². The molecule has 2 unspecified atom stereocenters. The Kier molecular flexibility index (Phi) is 5.60. The molecule has 1 fully saturated rings. The molecule has 6 nitrogen and oxygen atoms in total. The number of aromatic hydroxyl groups is 1. The van der Waals surface area contributed by atoms with Crippen molar-refractivity contribution in [3.05, 3.63) is 58.1 Å². The van der Waals surface area contributed by atoms with Crippen molar-refractivity contribution in [2.45, 2.75) is 46.2 Å². The van der Waals surface area contributed by atoms with Gasteiger partial charge in [0.05, 0.1) is 19.2 Å². The summed E-state index contributed by atoms with van der Waals surface area (Å²) in [6.45, 7) is 10.4. The van der Waals surface area contributed by atoms with E-state index in [4.69, 9.17) is 4.74 Å². The molecule has 1 aliphatic carbocycles. The average molecular weight is 424 g/mol. The fourth-order valence-electron chi connectivity index (χ4n) is 5.11. The van der Waals surface area contributed by atoms with Crippen LogP contribution < -0.4 is 15.4 Å². The highest BCUT2D eigenvalue weighted by atomic mass is 16.5. The van der Waals surface area contributed by atoms with Crippen molar-refractivity contribution in [1.29, 1.82) is 0 Å². The van der Waals surface area contributed by atoms with Gasteiger partial charge in [-0.1, -0.05) is 32.0 Å². The lowest BCUT2D eigenvalue weighted by Gasteiger charge is -2.39. The number of fused-ring (bicyclic) bond motifs is 1. The fourth-order valence-corrected chi connectivity index (χ4v) is 5.11. The van der Waals surface area contributed by atoms with Crippen molar-refractivity contribution in [3.8, 4) is 11.5 Å². The first-order valence-electron chi connectivity index (χ1n) is 11.0. The first-order valence-corrected chi connectivity index (χ1v) is 11.0. The Morgan fingerprint density at radius 3 is 2.77 bits per heavy atom. The van der Waals surface area contributed by atoms with Crippen LogP contribution in [0.25, 0.3) is 0 Å². The van der Waals surface area contributed by atoms with Gasteiger partial charge in [0.2, 0.25) is 0 Å².